The van der Waals surface area contributed by atoms with Gasteiger partial charge >= 0.3 is 6.18 Å². The van der Waals surface area contributed by atoms with E-state index in [1.807, 2.05) is 19.1 Å². The standard InChI is InChI=1S/C13H17BrF3NO/c1-9(18)8-10-4-2-5-11(14)12(10)19-7-3-6-13(15,16)17/h2,4-5,9H,3,6-8,18H2,1H3. The fraction of sp³-hybridized carbons (Fsp3) is 0.538. The maximum atomic E-state index is 12.0. The van der Waals surface area contributed by atoms with Crippen LogP contribution in [0.4, 0.5) is 13.2 Å². The Bertz CT molecular complexity index is 407. The summed E-state index contributed by atoms with van der Waals surface area (Å²) in [5.41, 5.74) is 6.64. The summed E-state index contributed by atoms with van der Waals surface area (Å²) in [5.74, 6) is 0.585. The molecule has 0 amide bonds. The second-order valence-electron chi connectivity index (χ2n) is 4.48. The minimum absolute atomic E-state index is 0.0353. The van der Waals surface area contributed by atoms with Crippen molar-refractivity contribution in [3.63, 3.8) is 0 Å². The lowest BCUT2D eigenvalue weighted by atomic mass is 10.1. The first-order valence-corrected chi connectivity index (χ1v) is 6.81. The highest BCUT2D eigenvalue weighted by molar-refractivity contribution is 9.10. The molecule has 108 valence electrons. The van der Waals surface area contributed by atoms with Crippen LogP contribution < -0.4 is 10.5 Å². The van der Waals surface area contributed by atoms with Gasteiger partial charge in [-0.25, -0.2) is 0 Å². The molecule has 2 N–H and O–H groups in total. The van der Waals surface area contributed by atoms with Crippen molar-refractivity contribution >= 4 is 15.9 Å². The van der Waals surface area contributed by atoms with Gasteiger partial charge < -0.3 is 10.5 Å². The van der Waals surface area contributed by atoms with Crippen LogP contribution in [0, 0.1) is 0 Å². The molecule has 0 heterocycles. The highest BCUT2D eigenvalue weighted by Crippen LogP contribution is 2.30. The lowest BCUT2D eigenvalue weighted by molar-refractivity contribution is -0.136. The smallest absolute Gasteiger partial charge is 0.389 e. The van der Waals surface area contributed by atoms with Crippen LogP contribution in [-0.4, -0.2) is 18.8 Å². The zero-order valence-electron chi connectivity index (χ0n) is 10.6. The van der Waals surface area contributed by atoms with Gasteiger partial charge in [0.15, 0.2) is 0 Å². The number of hydrogen-bond donors (Lipinski definition) is 1. The molecule has 1 aromatic carbocycles. The molecule has 0 aliphatic heterocycles. The number of ether oxygens (including phenoxy) is 1. The van der Waals surface area contributed by atoms with Gasteiger partial charge in [-0.2, -0.15) is 13.2 Å². The summed E-state index contributed by atoms with van der Waals surface area (Å²) < 4.78 is 42.3. The van der Waals surface area contributed by atoms with E-state index in [2.05, 4.69) is 15.9 Å². The number of para-hydroxylation sites is 1. The van der Waals surface area contributed by atoms with Gasteiger partial charge in [-0.15, -0.1) is 0 Å². The summed E-state index contributed by atoms with van der Waals surface area (Å²) >= 11 is 3.34. The van der Waals surface area contributed by atoms with Gasteiger partial charge in [0.2, 0.25) is 0 Å². The van der Waals surface area contributed by atoms with Gasteiger partial charge in [-0.3, -0.25) is 0 Å². The molecule has 1 aromatic rings. The molecular formula is C13H17BrF3NO. The highest BCUT2D eigenvalue weighted by atomic mass is 79.9. The van der Waals surface area contributed by atoms with Crippen LogP contribution >= 0.6 is 15.9 Å². The van der Waals surface area contributed by atoms with Gasteiger partial charge in [-0.1, -0.05) is 12.1 Å². The van der Waals surface area contributed by atoms with E-state index in [0.29, 0.717) is 12.2 Å². The third kappa shape index (κ3) is 6.29. The highest BCUT2D eigenvalue weighted by Gasteiger charge is 2.26. The quantitative estimate of drug-likeness (QED) is 0.793. The molecule has 1 unspecified atom stereocenters. The molecule has 1 atom stereocenters. The Kier molecular flexibility index (Phi) is 6.13. The maximum absolute atomic E-state index is 12.0. The maximum Gasteiger partial charge on any atom is 0.389 e. The van der Waals surface area contributed by atoms with Gasteiger partial charge in [0.25, 0.3) is 0 Å². The molecule has 0 saturated carbocycles. The van der Waals surface area contributed by atoms with E-state index < -0.39 is 12.6 Å². The Morgan fingerprint density at radius 2 is 2.05 bits per heavy atom. The summed E-state index contributed by atoms with van der Waals surface area (Å²) in [7, 11) is 0. The second-order valence-corrected chi connectivity index (χ2v) is 5.33. The van der Waals surface area contributed by atoms with Crippen LogP contribution in [-0.2, 0) is 6.42 Å². The van der Waals surface area contributed by atoms with Crippen molar-refractivity contribution in [1.29, 1.82) is 0 Å². The monoisotopic (exact) mass is 339 g/mol. The summed E-state index contributed by atoms with van der Waals surface area (Å²) in [6.07, 6.45) is -4.40. The van der Waals surface area contributed by atoms with E-state index in [1.54, 1.807) is 6.07 Å². The fourth-order valence-electron chi connectivity index (χ4n) is 1.67. The summed E-state index contributed by atoms with van der Waals surface area (Å²) in [6.45, 7) is 1.91. The van der Waals surface area contributed by atoms with E-state index in [-0.39, 0.29) is 19.1 Å². The first-order chi connectivity index (χ1) is 8.79. The minimum Gasteiger partial charge on any atom is -0.492 e. The zero-order valence-corrected chi connectivity index (χ0v) is 12.2. The molecule has 0 aliphatic rings. The lowest BCUT2D eigenvalue weighted by Crippen LogP contribution is -2.18. The van der Waals surface area contributed by atoms with Gasteiger partial charge in [0.05, 0.1) is 11.1 Å². The van der Waals surface area contributed by atoms with E-state index >= 15 is 0 Å². The molecule has 0 fully saturated rings. The van der Waals surface area contributed by atoms with Gasteiger partial charge in [0.1, 0.15) is 5.75 Å². The van der Waals surface area contributed by atoms with Gasteiger partial charge in [-0.05, 0) is 47.3 Å². The molecule has 0 bridgehead atoms. The Balaban J connectivity index is 2.61. The molecule has 1 rings (SSSR count). The van der Waals surface area contributed by atoms with Crippen molar-refractivity contribution < 1.29 is 17.9 Å². The number of halogens is 4. The molecule has 0 aliphatic carbocycles. The normalized spacial score (nSPS) is 13.4. The van der Waals surface area contributed by atoms with Crippen molar-refractivity contribution in [2.45, 2.75) is 38.4 Å². The van der Waals surface area contributed by atoms with Crippen LogP contribution in [0.1, 0.15) is 25.3 Å². The van der Waals surface area contributed by atoms with E-state index in [1.165, 1.54) is 0 Å². The number of nitrogens with two attached hydrogens (primary N) is 1. The van der Waals surface area contributed by atoms with E-state index in [9.17, 15) is 13.2 Å². The Hall–Kier alpha value is -0.750. The largest absolute Gasteiger partial charge is 0.492 e. The number of alkyl halides is 3. The molecule has 19 heavy (non-hydrogen) atoms. The van der Waals surface area contributed by atoms with Crippen molar-refractivity contribution in [2.24, 2.45) is 5.73 Å². The third-order valence-electron chi connectivity index (χ3n) is 2.44. The first-order valence-electron chi connectivity index (χ1n) is 6.02. The first kappa shape index (κ1) is 16.3. The number of rotatable bonds is 6. The van der Waals surface area contributed by atoms with Crippen molar-refractivity contribution in [3.8, 4) is 5.75 Å². The van der Waals surface area contributed by atoms with Crippen molar-refractivity contribution in [1.82, 2.24) is 0 Å². The average molecular weight is 340 g/mol. The molecule has 0 radical (unpaired) electrons. The van der Waals surface area contributed by atoms with Crippen LogP contribution in [0.3, 0.4) is 0 Å². The third-order valence-corrected chi connectivity index (χ3v) is 3.07. The summed E-state index contributed by atoms with van der Waals surface area (Å²) in [5, 5.41) is 0. The predicted octanol–water partition coefficient (Wildman–Crippen LogP) is 4.06. The molecule has 0 aromatic heterocycles. The van der Waals surface area contributed by atoms with E-state index in [0.717, 1.165) is 10.0 Å². The summed E-state index contributed by atoms with van der Waals surface area (Å²) in [6, 6.07) is 5.48. The molecular weight excluding hydrogens is 323 g/mol. The van der Waals surface area contributed by atoms with Crippen LogP contribution in [0.5, 0.6) is 5.75 Å². The van der Waals surface area contributed by atoms with E-state index in [4.69, 9.17) is 10.5 Å². The lowest BCUT2D eigenvalue weighted by Gasteiger charge is -2.15. The minimum atomic E-state index is -4.13. The van der Waals surface area contributed by atoms with Crippen LogP contribution in [0.25, 0.3) is 0 Å². The van der Waals surface area contributed by atoms with Crippen LogP contribution in [0.15, 0.2) is 22.7 Å². The SMILES string of the molecule is CC(N)Cc1cccc(Br)c1OCCCC(F)(F)F. The molecule has 0 spiro atoms. The topological polar surface area (TPSA) is 35.2 Å². The Morgan fingerprint density at radius 1 is 1.37 bits per heavy atom. The van der Waals surface area contributed by atoms with Crippen LogP contribution in [0.2, 0.25) is 0 Å². The molecule has 6 heteroatoms. The zero-order chi connectivity index (χ0) is 14.5. The summed E-state index contributed by atoms with van der Waals surface area (Å²) in [4.78, 5) is 0. The molecule has 0 saturated heterocycles. The molecule has 2 nitrogen and oxygen atoms in total. The Labute approximate surface area is 119 Å². The van der Waals surface area contributed by atoms with Crippen molar-refractivity contribution in [2.75, 3.05) is 6.61 Å². The van der Waals surface area contributed by atoms with Gasteiger partial charge in [0, 0.05) is 12.5 Å². The van der Waals surface area contributed by atoms with Crippen molar-refractivity contribution in [3.05, 3.63) is 28.2 Å². The predicted molar refractivity (Wildman–Crippen MR) is 72.3 cm³/mol. The fourth-order valence-corrected chi connectivity index (χ4v) is 2.19. The number of benzene rings is 1. The Morgan fingerprint density at radius 3 is 2.63 bits per heavy atom. The second kappa shape index (κ2) is 7.14. The average Bonchev–Trinajstić information content (AvgIpc) is 2.25. The number of hydrogen-bond acceptors (Lipinski definition) is 2.